The fourth-order valence-electron chi connectivity index (χ4n) is 1.96. The molecule has 2 aromatic carbocycles. The molecule has 0 atom stereocenters. The van der Waals surface area contributed by atoms with E-state index in [0.29, 0.717) is 16.8 Å². The van der Waals surface area contributed by atoms with Crippen molar-refractivity contribution < 1.29 is 14.8 Å². The van der Waals surface area contributed by atoms with Gasteiger partial charge in [0.25, 0.3) is 11.6 Å². The maximum atomic E-state index is 11.9. The van der Waals surface area contributed by atoms with Crippen molar-refractivity contribution in [3.05, 3.63) is 69.3 Å². The van der Waals surface area contributed by atoms with Crippen molar-refractivity contribution in [3.63, 3.8) is 0 Å². The molecule has 23 heavy (non-hydrogen) atoms. The maximum absolute atomic E-state index is 11.9. The number of aryl methyl sites for hydroxylation is 1. The van der Waals surface area contributed by atoms with Crippen molar-refractivity contribution in [2.24, 2.45) is 5.10 Å². The highest BCUT2D eigenvalue weighted by Gasteiger charge is 2.13. The van der Waals surface area contributed by atoms with Crippen LogP contribution in [0.15, 0.2) is 47.6 Å². The molecule has 0 aromatic heterocycles. The lowest BCUT2D eigenvalue weighted by Gasteiger charge is -2.05. The van der Waals surface area contributed by atoms with E-state index >= 15 is 0 Å². The van der Waals surface area contributed by atoms with E-state index in [0.717, 1.165) is 0 Å². The Morgan fingerprint density at radius 1 is 1.26 bits per heavy atom. The van der Waals surface area contributed by atoms with E-state index in [-0.39, 0.29) is 17.0 Å². The quantitative estimate of drug-likeness (QED) is 0.514. The first kappa shape index (κ1) is 16.2. The lowest BCUT2D eigenvalue weighted by molar-refractivity contribution is -0.385. The fourth-order valence-corrected chi connectivity index (χ4v) is 1.96. The molecule has 0 aliphatic heterocycles. The molecule has 0 aliphatic carbocycles. The minimum Gasteiger partial charge on any atom is -0.507 e. The van der Waals surface area contributed by atoms with E-state index in [4.69, 9.17) is 0 Å². The van der Waals surface area contributed by atoms with E-state index in [1.54, 1.807) is 38.1 Å². The van der Waals surface area contributed by atoms with Gasteiger partial charge < -0.3 is 5.11 Å². The molecular formula is C16H15N3O4. The van der Waals surface area contributed by atoms with Gasteiger partial charge in [0.05, 0.1) is 16.2 Å². The van der Waals surface area contributed by atoms with Crippen LogP contribution in [-0.4, -0.2) is 21.6 Å². The smallest absolute Gasteiger partial charge is 0.275 e. The molecule has 0 fully saturated rings. The molecule has 0 spiro atoms. The molecule has 2 rings (SSSR count). The van der Waals surface area contributed by atoms with Crippen molar-refractivity contribution in [1.29, 1.82) is 0 Å². The number of phenols is 1. The van der Waals surface area contributed by atoms with Crippen molar-refractivity contribution in [3.8, 4) is 5.75 Å². The zero-order valence-corrected chi connectivity index (χ0v) is 12.6. The van der Waals surface area contributed by atoms with Gasteiger partial charge in [0.15, 0.2) is 0 Å². The van der Waals surface area contributed by atoms with E-state index in [2.05, 4.69) is 10.5 Å². The average molecular weight is 313 g/mol. The number of carbonyl (C=O) groups is 1. The highest BCUT2D eigenvalue weighted by Crippen LogP contribution is 2.20. The molecule has 118 valence electrons. The van der Waals surface area contributed by atoms with E-state index in [1.165, 1.54) is 18.2 Å². The second kappa shape index (κ2) is 6.69. The Kier molecular flexibility index (Phi) is 4.70. The third-order valence-electron chi connectivity index (χ3n) is 3.30. The van der Waals surface area contributed by atoms with Crippen LogP contribution in [0.2, 0.25) is 0 Å². The predicted octanol–water partition coefficient (Wildman–Crippen LogP) is 2.76. The predicted molar refractivity (Wildman–Crippen MR) is 85.6 cm³/mol. The fraction of sp³-hybridized carbons (Fsp3) is 0.125. The van der Waals surface area contributed by atoms with Crippen molar-refractivity contribution in [2.75, 3.05) is 0 Å². The lowest BCUT2D eigenvalue weighted by atomic mass is 10.1. The molecular weight excluding hydrogens is 298 g/mol. The summed E-state index contributed by atoms with van der Waals surface area (Å²) in [6.07, 6.45) is 0. The number of hydrazone groups is 1. The highest BCUT2D eigenvalue weighted by molar-refractivity contribution is 6.02. The molecule has 0 heterocycles. The molecule has 7 nitrogen and oxygen atoms in total. The summed E-state index contributed by atoms with van der Waals surface area (Å²) in [4.78, 5) is 22.4. The Morgan fingerprint density at radius 2 is 1.96 bits per heavy atom. The van der Waals surface area contributed by atoms with Gasteiger partial charge in [-0.15, -0.1) is 0 Å². The summed E-state index contributed by atoms with van der Waals surface area (Å²) in [5.74, 6) is -0.715. The Hall–Kier alpha value is -3.22. The number of benzene rings is 2. The van der Waals surface area contributed by atoms with Crippen LogP contribution in [0.5, 0.6) is 5.75 Å². The van der Waals surface area contributed by atoms with Crippen LogP contribution in [0.4, 0.5) is 5.69 Å². The van der Waals surface area contributed by atoms with E-state index < -0.39 is 10.8 Å². The first-order valence-electron chi connectivity index (χ1n) is 6.78. The molecule has 0 saturated heterocycles. The number of hydrogen-bond acceptors (Lipinski definition) is 5. The number of hydrogen-bond donors (Lipinski definition) is 2. The lowest BCUT2D eigenvalue weighted by Crippen LogP contribution is -2.19. The van der Waals surface area contributed by atoms with Gasteiger partial charge >= 0.3 is 0 Å². The summed E-state index contributed by atoms with van der Waals surface area (Å²) in [6, 6.07) is 10.8. The number of phenolic OH excluding ortho intramolecular Hbond substituents is 1. The van der Waals surface area contributed by atoms with Crippen LogP contribution in [0.3, 0.4) is 0 Å². The van der Waals surface area contributed by atoms with Crippen LogP contribution in [-0.2, 0) is 0 Å². The van der Waals surface area contributed by atoms with Crippen molar-refractivity contribution in [1.82, 2.24) is 5.43 Å². The third kappa shape index (κ3) is 3.70. The van der Waals surface area contributed by atoms with Gasteiger partial charge in [0, 0.05) is 17.2 Å². The summed E-state index contributed by atoms with van der Waals surface area (Å²) in [7, 11) is 0. The van der Waals surface area contributed by atoms with Crippen LogP contribution in [0, 0.1) is 17.0 Å². The normalized spacial score (nSPS) is 11.1. The monoisotopic (exact) mass is 313 g/mol. The summed E-state index contributed by atoms with van der Waals surface area (Å²) in [6.45, 7) is 3.27. The Labute approximate surface area is 132 Å². The third-order valence-corrected chi connectivity index (χ3v) is 3.30. The van der Waals surface area contributed by atoms with Gasteiger partial charge in [-0.3, -0.25) is 14.9 Å². The number of rotatable bonds is 4. The second-order valence-corrected chi connectivity index (χ2v) is 4.91. The molecule has 7 heteroatoms. The first-order chi connectivity index (χ1) is 10.9. The minimum absolute atomic E-state index is 0.0101. The Morgan fingerprint density at radius 3 is 2.61 bits per heavy atom. The SMILES string of the molecule is C/C(=N/NC(=O)c1ccccc1O)c1ccc(C)c([N+](=O)[O-])c1. The second-order valence-electron chi connectivity index (χ2n) is 4.91. The van der Waals surface area contributed by atoms with Gasteiger partial charge in [-0.05, 0) is 26.0 Å². The first-order valence-corrected chi connectivity index (χ1v) is 6.78. The van der Waals surface area contributed by atoms with Crippen LogP contribution in [0.1, 0.15) is 28.4 Å². The Balaban J connectivity index is 2.21. The molecule has 1 amide bonds. The zero-order valence-electron chi connectivity index (χ0n) is 12.6. The Bertz CT molecular complexity index is 800. The zero-order chi connectivity index (χ0) is 17.0. The van der Waals surface area contributed by atoms with E-state index in [9.17, 15) is 20.0 Å². The van der Waals surface area contributed by atoms with Crippen molar-refractivity contribution in [2.45, 2.75) is 13.8 Å². The number of nitrogens with one attached hydrogen (secondary N) is 1. The summed E-state index contributed by atoms with van der Waals surface area (Å²) >= 11 is 0. The standard InChI is InChI=1S/C16H15N3O4/c1-10-7-8-12(9-14(10)19(22)23)11(2)17-18-16(21)13-5-3-4-6-15(13)20/h3-9,20H,1-2H3,(H,18,21)/b17-11-. The van der Waals surface area contributed by atoms with Gasteiger partial charge in [0.2, 0.25) is 0 Å². The van der Waals surface area contributed by atoms with Gasteiger partial charge in [-0.1, -0.05) is 24.3 Å². The largest absolute Gasteiger partial charge is 0.507 e. The number of aromatic hydroxyl groups is 1. The molecule has 0 saturated carbocycles. The van der Waals surface area contributed by atoms with Crippen LogP contribution < -0.4 is 5.43 Å². The number of nitro groups is 1. The number of nitro benzene ring substituents is 1. The summed E-state index contributed by atoms with van der Waals surface area (Å²) in [5.41, 5.74) is 3.89. The minimum atomic E-state index is -0.566. The van der Waals surface area contributed by atoms with Crippen molar-refractivity contribution >= 4 is 17.3 Å². The van der Waals surface area contributed by atoms with Crippen LogP contribution in [0.25, 0.3) is 0 Å². The molecule has 0 radical (unpaired) electrons. The number of amides is 1. The molecule has 0 aliphatic rings. The molecule has 0 bridgehead atoms. The summed E-state index contributed by atoms with van der Waals surface area (Å²) < 4.78 is 0. The molecule has 2 aromatic rings. The molecule has 0 unspecified atom stereocenters. The number of nitrogens with zero attached hydrogens (tertiary/aromatic N) is 2. The maximum Gasteiger partial charge on any atom is 0.275 e. The summed E-state index contributed by atoms with van der Waals surface area (Å²) in [5, 5.41) is 24.5. The van der Waals surface area contributed by atoms with Gasteiger partial charge in [-0.25, -0.2) is 5.43 Å². The van der Waals surface area contributed by atoms with Gasteiger partial charge in [-0.2, -0.15) is 5.10 Å². The van der Waals surface area contributed by atoms with E-state index in [1.807, 2.05) is 0 Å². The number of carbonyl (C=O) groups excluding carboxylic acids is 1. The van der Waals surface area contributed by atoms with Gasteiger partial charge in [0.1, 0.15) is 5.75 Å². The average Bonchev–Trinajstić information content (AvgIpc) is 2.52. The molecule has 2 N–H and O–H groups in total. The topological polar surface area (TPSA) is 105 Å². The number of para-hydroxylation sites is 1. The highest BCUT2D eigenvalue weighted by atomic mass is 16.6. The van der Waals surface area contributed by atoms with Crippen LogP contribution >= 0.6 is 0 Å².